The van der Waals surface area contributed by atoms with Gasteiger partial charge in [0, 0.05) is 19.9 Å². The molecule has 1 aromatic carbocycles. The van der Waals surface area contributed by atoms with Gasteiger partial charge in [0.25, 0.3) is 0 Å². The third-order valence-electron chi connectivity index (χ3n) is 3.12. The second-order valence-corrected chi connectivity index (χ2v) is 4.80. The Morgan fingerprint density at radius 3 is 3.00 bits per heavy atom. The van der Waals surface area contributed by atoms with E-state index < -0.39 is 0 Å². The van der Waals surface area contributed by atoms with Crippen LogP contribution in [0.15, 0.2) is 22.7 Å². The molecule has 2 heterocycles. The number of ether oxygens (including phenoxy) is 1. The van der Waals surface area contributed by atoms with E-state index in [4.69, 9.17) is 21.5 Å². The summed E-state index contributed by atoms with van der Waals surface area (Å²) < 4.78 is 13.0. The Hall–Kier alpha value is -2.15. The summed E-state index contributed by atoms with van der Waals surface area (Å²) in [6.45, 7) is 2.46. The van der Waals surface area contributed by atoms with Gasteiger partial charge in [0.1, 0.15) is 11.3 Å². The van der Waals surface area contributed by atoms with Gasteiger partial charge in [0.15, 0.2) is 10.6 Å². The number of rotatable bonds is 4. The minimum absolute atomic E-state index is 0.573. The van der Waals surface area contributed by atoms with Crippen molar-refractivity contribution in [1.29, 1.82) is 0 Å². The molecule has 0 aliphatic heterocycles. The van der Waals surface area contributed by atoms with Crippen molar-refractivity contribution in [3.63, 3.8) is 0 Å². The molecule has 3 rings (SSSR count). The van der Waals surface area contributed by atoms with Crippen LogP contribution in [0, 0.1) is 11.7 Å². The minimum atomic E-state index is 0.573. The van der Waals surface area contributed by atoms with Gasteiger partial charge >= 0.3 is 0 Å². The molecule has 0 spiro atoms. The maximum Gasteiger partial charge on any atom is 0.223 e. The van der Waals surface area contributed by atoms with Crippen molar-refractivity contribution >= 4 is 23.3 Å². The van der Waals surface area contributed by atoms with Crippen molar-refractivity contribution < 1.29 is 9.26 Å². The van der Waals surface area contributed by atoms with E-state index in [1.807, 2.05) is 22.8 Å². The van der Waals surface area contributed by atoms with Crippen molar-refractivity contribution in [2.75, 3.05) is 7.11 Å². The fraction of sp³-hybridized carbons (Fsp3) is 0.308. The largest absolute Gasteiger partial charge is 0.494 e. The van der Waals surface area contributed by atoms with Crippen molar-refractivity contribution in [3.8, 4) is 5.75 Å². The number of hydrogen-bond donors (Lipinski definition) is 1. The van der Waals surface area contributed by atoms with Crippen molar-refractivity contribution in [3.05, 3.63) is 34.7 Å². The van der Waals surface area contributed by atoms with E-state index in [1.165, 1.54) is 0 Å². The SMILES string of the molecule is COc1cccc2c1[nH]c(=S)n2CCc1noc(C)n1. The molecule has 7 heteroatoms. The molecule has 0 atom stereocenters. The van der Waals surface area contributed by atoms with E-state index in [0.29, 0.717) is 29.5 Å². The maximum absolute atomic E-state index is 5.37. The zero-order chi connectivity index (χ0) is 14.1. The number of aryl methyl sites for hydroxylation is 3. The number of fused-ring (bicyclic) bond motifs is 1. The molecule has 2 aromatic heterocycles. The zero-order valence-electron chi connectivity index (χ0n) is 11.2. The van der Waals surface area contributed by atoms with Crippen molar-refractivity contribution in [2.45, 2.75) is 19.9 Å². The number of nitrogens with zero attached hydrogens (tertiary/aromatic N) is 3. The van der Waals surface area contributed by atoms with Crippen LogP contribution in [0.4, 0.5) is 0 Å². The van der Waals surface area contributed by atoms with E-state index in [9.17, 15) is 0 Å². The summed E-state index contributed by atoms with van der Waals surface area (Å²) in [5.74, 6) is 2.04. The third-order valence-corrected chi connectivity index (χ3v) is 3.44. The van der Waals surface area contributed by atoms with Gasteiger partial charge in [-0.15, -0.1) is 0 Å². The number of nitrogens with one attached hydrogen (secondary N) is 1. The number of benzene rings is 1. The van der Waals surface area contributed by atoms with E-state index in [1.54, 1.807) is 14.0 Å². The van der Waals surface area contributed by atoms with Gasteiger partial charge in [0.05, 0.1) is 12.6 Å². The van der Waals surface area contributed by atoms with Gasteiger partial charge in [-0.25, -0.2) is 0 Å². The lowest BCUT2D eigenvalue weighted by atomic mass is 10.3. The molecule has 0 bridgehead atoms. The monoisotopic (exact) mass is 290 g/mol. The second-order valence-electron chi connectivity index (χ2n) is 4.42. The zero-order valence-corrected chi connectivity index (χ0v) is 12.0. The summed E-state index contributed by atoms with van der Waals surface area (Å²) >= 11 is 5.37. The van der Waals surface area contributed by atoms with Crippen LogP contribution in [0.25, 0.3) is 11.0 Å². The highest BCUT2D eigenvalue weighted by atomic mass is 32.1. The number of methoxy groups -OCH3 is 1. The number of H-pyrrole nitrogens is 1. The standard InChI is InChI=1S/C13H14N4O2S/c1-8-14-11(16-19-8)6-7-17-9-4-3-5-10(18-2)12(9)15-13(17)20/h3-5H,6-7H2,1-2H3,(H,15,20). The molecule has 0 saturated heterocycles. The number of aromatic nitrogens is 4. The summed E-state index contributed by atoms with van der Waals surface area (Å²) in [5, 5.41) is 3.89. The van der Waals surface area contributed by atoms with Crippen LogP contribution in [-0.2, 0) is 13.0 Å². The van der Waals surface area contributed by atoms with Crippen LogP contribution in [0.2, 0.25) is 0 Å². The number of hydrogen-bond acceptors (Lipinski definition) is 5. The van der Waals surface area contributed by atoms with E-state index in [-0.39, 0.29) is 0 Å². The Morgan fingerprint density at radius 2 is 2.30 bits per heavy atom. The quantitative estimate of drug-likeness (QED) is 0.748. The Balaban J connectivity index is 1.95. The second kappa shape index (κ2) is 5.09. The Bertz CT molecular complexity index is 802. The normalized spacial score (nSPS) is 11.1. The molecular formula is C13H14N4O2S. The van der Waals surface area contributed by atoms with Gasteiger partial charge in [-0.3, -0.25) is 0 Å². The van der Waals surface area contributed by atoms with Crippen LogP contribution in [-0.4, -0.2) is 26.8 Å². The number of para-hydroxylation sites is 1. The first kappa shape index (κ1) is 12.9. The highest BCUT2D eigenvalue weighted by molar-refractivity contribution is 7.71. The first-order valence-corrected chi connectivity index (χ1v) is 6.64. The molecule has 3 aromatic rings. The maximum atomic E-state index is 5.37. The third kappa shape index (κ3) is 2.20. The average molecular weight is 290 g/mol. The molecule has 0 saturated carbocycles. The van der Waals surface area contributed by atoms with Gasteiger partial charge in [0.2, 0.25) is 5.89 Å². The summed E-state index contributed by atoms with van der Waals surface area (Å²) in [6, 6.07) is 5.85. The fourth-order valence-corrected chi connectivity index (χ4v) is 2.49. The van der Waals surface area contributed by atoms with Crippen LogP contribution in [0.3, 0.4) is 0 Å². The first-order valence-electron chi connectivity index (χ1n) is 6.24. The lowest BCUT2D eigenvalue weighted by Gasteiger charge is -2.03. The predicted molar refractivity (Wildman–Crippen MR) is 76.4 cm³/mol. The lowest BCUT2D eigenvalue weighted by Crippen LogP contribution is -2.02. The molecule has 0 aliphatic carbocycles. The van der Waals surface area contributed by atoms with E-state index in [0.717, 1.165) is 16.8 Å². The number of imidazole rings is 1. The summed E-state index contributed by atoms with van der Waals surface area (Å²) in [7, 11) is 1.64. The molecular weight excluding hydrogens is 276 g/mol. The van der Waals surface area contributed by atoms with Gasteiger partial charge < -0.3 is 18.8 Å². The molecule has 0 fully saturated rings. The van der Waals surface area contributed by atoms with Crippen molar-refractivity contribution in [1.82, 2.24) is 19.7 Å². The molecule has 1 N–H and O–H groups in total. The van der Waals surface area contributed by atoms with Crippen LogP contribution >= 0.6 is 12.2 Å². The molecule has 0 amide bonds. The lowest BCUT2D eigenvalue weighted by molar-refractivity contribution is 0.386. The Kier molecular flexibility index (Phi) is 3.27. The van der Waals surface area contributed by atoms with Crippen LogP contribution in [0.5, 0.6) is 5.75 Å². The smallest absolute Gasteiger partial charge is 0.223 e. The highest BCUT2D eigenvalue weighted by Gasteiger charge is 2.10. The summed E-state index contributed by atoms with van der Waals surface area (Å²) in [6.07, 6.45) is 0.663. The molecule has 6 nitrogen and oxygen atoms in total. The van der Waals surface area contributed by atoms with Crippen LogP contribution < -0.4 is 4.74 Å². The molecule has 20 heavy (non-hydrogen) atoms. The van der Waals surface area contributed by atoms with Gasteiger partial charge in [-0.2, -0.15) is 4.98 Å². The fourth-order valence-electron chi connectivity index (χ4n) is 2.20. The molecule has 104 valence electrons. The van der Waals surface area contributed by atoms with Gasteiger partial charge in [-0.05, 0) is 24.4 Å². The van der Waals surface area contributed by atoms with Crippen LogP contribution in [0.1, 0.15) is 11.7 Å². The minimum Gasteiger partial charge on any atom is -0.494 e. The summed E-state index contributed by atoms with van der Waals surface area (Å²) in [4.78, 5) is 7.37. The first-order chi connectivity index (χ1) is 9.69. The van der Waals surface area contributed by atoms with Gasteiger partial charge in [-0.1, -0.05) is 11.2 Å². The predicted octanol–water partition coefficient (Wildman–Crippen LogP) is 2.64. The van der Waals surface area contributed by atoms with E-state index in [2.05, 4.69) is 15.1 Å². The van der Waals surface area contributed by atoms with Crippen molar-refractivity contribution in [2.24, 2.45) is 0 Å². The Morgan fingerprint density at radius 1 is 1.45 bits per heavy atom. The topological polar surface area (TPSA) is 68.9 Å². The average Bonchev–Trinajstić information content (AvgIpc) is 2.99. The number of aromatic amines is 1. The summed E-state index contributed by atoms with van der Waals surface area (Å²) in [5.41, 5.74) is 1.92. The Labute approximate surface area is 120 Å². The molecule has 0 radical (unpaired) electrons. The molecule has 0 aliphatic rings. The highest BCUT2D eigenvalue weighted by Crippen LogP contribution is 2.24. The molecule has 0 unspecified atom stereocenters. The van der Waals surface area contributed by atoms with E-state index >= 15 is 0 Å².